The van der Waals surface area contributed by atoms with E-state index < -0.39 is 0 Å². The molecule has 1 fully saturated rings. The van der Waals surface area contributed by atoms with Gasteiger partial charge in [0.05, 0.1) is 12.7 Å². The van der Waals surface area contributed by atoms with Crippen LogP contribution in [-0.4, -0.2) is 32.7 Å². The van der Waals surface area contributed by atoms with Crippen LogP contribution >= 0.6 is 11.6 Å². The molecule has 98 valence electrons. The van der Waals surface area contributed by atoms with Gasteiger partial charge >= 0.3 is 0 Å². The Balaban J connectivity index is 2.00. The quantitative estimate of drug-likeness (QED) is 0.874. The summed E-state index contributed by atoms with van der Waals surface area (Å²) in [5, 5.41) is 6.73. The molecule has 1 aliphatic heterocycles. The van der Waals surface area contributed by atoms with Crippen LogP contribution in [-0.2, 0) is 0 Å². The van der Waals surface area contributed by atoms with E-state index in [4.69, 9.17) is 16.3 Å². The second-order valence-corrected chi connectivity index (χ2v) is 4.85. The molecule has 2 N–H and O–H groups in total. The molecule has 2 rings (SSSR count). The van der Waals surface area contributed by atoms with E-state index >= 15 is 0 Å². The topological polar surface area (TPSA) is 50.4 Å². The Bertz CT molecular complexity index is 431. The van der Waals surface area contributed by atoms with Gasteiger partial charge in [-0.15, -0.1) is 0 Å². The number of carbonyl (C=O) groups is 1. The van der Waals surface area contributed by atoms with Crippen molar-refractivity contribution in [1.29, 1.82) is 0 Å². The van der Waals surface area contributed by atoms with Gasteiger partial charge < -0.3 is 15.4 Å². The Morgan fingerprint density at radius 1 is 1.61 bits per heavy atom. The molecule has 18 heavy (non-hydrogen) atoms. The summed E-state index contributed by atoms with van der Waals surface area (Å²) in [5.74, 6) is 0.918. The lowest BCUT2D eigenvalue weighted by molar-refractivity contribution is 0.0945. The minimum absolute atomic E-state index is 0.138. The normalized spacial score (nSPS) is 18.7. The highest BCUT2D eigenvalue weighted by Gasteiger charge is 2.17. The van der Waals surface area contributed by atoms with Crippen LogP contribution in [0.1, 0.15) is 16.8 Å². The number of benzene rings is 1. The molecule has 1 atom stereocenters. The Kier molecular flexibility index (Phi) is 4.44. The van der Waals surface area contributed by atoms with Crippen molar-refractivity contribution in [2.45, 2.75) is 6.42 Å². The number of rotatable bonds is 4. The van der Waals surface area contributed by atoms with Crippen molar-refractivity contribution in [1.82, 2.24) is 10.6 Å². The van der Waals surface area contributed by atoms with Crippen LogP contribution in [0.5, 0.6) is 5.75 Å². The molecule has 0 saturated carbocycles. The highest BCUT2D eigenvalue weighted by molar-refractivity contribution is 6.31. The van der Waals surface area contributed by atoms with Gasteiger partial charge in [0.15, 0.2) is 0 Å². The number of methoxy groups -OCH3 is 1. The van der Waals surface area contributed by atoms with Crippen LogP contribution in [0, 0.1) is 5.92 Å². The number of amides is 1. The molecular formula is C13H17ClN2O2. The van der Waals surface area contributed by atoms with E-state index in [2.05, 4.69) is 10.6 Å². The minimum atomic E-state index is -0.138. The SMILES string of the molecule is COc1ccc(Cl)cc1C(=O)NCC1CCNC1. The summed E-state index contributed by atoms with van der Waals surface area (Å²) in [6.45, 7) is 2.68. The minimum Gasteiger partial charge on any atom is -0.496 e. The van der Waals surface area contributed by atoms with Gasteiger partial charge in [-0.2, -0.15) is 0 Å². The van der Waals surface area contributed by atoms with Gasteiger partial charge in [-0.25, -0.2) is 0 Å². The average Bonchev–Trinajstić information content (AvgIpc) is 2.89. The standard InChI is InChI=1S/C13H17ClN2O2/c1-18-12-3-2-10(14)6-11(12)13(17)16-8-9-4-5-15-7-9/h2-3,6,9,15H,4-5,7-8H2,1H3,(H,16,17). The fraction of sp³-hybridized carbons (Fsp3) is 0.462. The Morgan fingerprint density at radius 3 is 3.11 bits per heavy atom. The first-order chi connectivity index (χ1) is 8.70. The highest BCUT2D eigenvalue weighted by Crippen LogP contribution is 2.22. The molecule has 1 aromatic carbocycles. The molecule has 1 aliphatic rings. The number of ether oxygens (including phenoxy) is 1. The summed E-state index contributed by atoms with van der Waals surface area (Å²) >= 11 is 5.90. The second-order valence-electron chi connectivity index (χ2n) is 4.41. The van der Waals surface area contributed by atoms with Crippen LogP contribution in [0.15, 0.2) is 18.2 Å². The highest BCUT2D eigenvalue weighted by atomic mass is 35.5. The van der Waals surface area contributed by atoms with Gasteiger partial charge in [0.2, 0.25) is 0 Å². The van der Waals surface area contributed by atoms with Gasteiger partial charge in [-0.05, 0) is 43.6 Å². The van der Waals surface area contributed by atoms with Crippen molar-refractivity contribution < 1.29 is 9.53 Å². The van der Waals surface area contributed by atoms with Crippen LogP contribution < -0.4 is 15.4 Å². The summed E-state index contributed by atoms with van der Waals surface area (Å²) in [4.78, 5) is 12.1. The molecule has 1 saturated heterocycles. The predicted molar refractivity (Wildman–Crippen MR) is 71.3 cm³/mol. The van der Waals surface area contributed by atoms with Crippen molar-refractivity contribution in [2.24, 2.45) is 5.92 Å². The summed E-state index contributed by atoms with van der Waals surface area (Å²) < 4.78 is 5.16. The first-order valence-electron chi connectivity index (χ1n) is 6.03. The van der Waals surface area contributed by atoms with E-state index in [1.165, 1.54) is 0 Å². The van der Waals surface area contributed by atoms with Crippen LogP contribution in [0.4, 0.5) is 0 Å². The average molecular weight is 269 g/mol. The number of halogens is 1. The lowest BCUT2D eigenvalue weighted by Gasteiger charge is -2.12. The second kappa shape index (κ2) is 6.07. The summed E-state index contributed by atoms with van der Waals surface area (Å²) in [7, 11) is 1.54. The summed E-state index contributed by atoms with van der Waals surface area (Å²) in [6.07, 6.45) is 1.10. The van der Waals surface area contributed by atoms with Gasteiger partial charge in [-0.3, -0.25) is 4.79 Å². The van der Waals surface area contributed by atoms with Crippen LogP contribution in [0.2, 0.25) is 5.02 Å². The van der Waals surface area contributed by atoms with Gasteiger partial charge in [0.1, 0.15) is 5.75 Å². The molecule has 1 heterocycles. The third-order valence-electron chi connectivity index (χ3n) is 3.12. The van der Waals surface area contributed by atoms with Gasteiger partial charge in [0, 0.05) is 11.6 Å². The molecule has 5 heteroatoms. The van der Waals surface area contributed by atoms with Crippen molar-refractivity contribution in [2.75, 3.05) is 26.7 Å². The monoisotopic (exact) mass is 268 g/mol. The van der Waals surface area contributed by atoms with E-state index in [0.717, 1.165) is 19.5 Å². The molecule has 1 amide bonds. The zero-order valence-corrected chi connectivity index (χ0v) is 11.1. The Hall–Kier alpha value is -1.26. The third-order valence-corrected chi connectivity index (χ3v) is 3.35. The van der Waals surface area contributed by atoms with Crippen molar-refractivity contribution in [3.63, 3.8) is 0 Å². The first-order valence-corrected chi connectivity index (χ1v) is 6.41. The number of hydrogen-bond acceptors (Lipinski definition) is 3. The summed E-state index contributed by atoms with van der Waals surface area (Å²) in [5.41, 5.74) is 0.482. The number of carbonyl (C=O) groups excluding carboxylic acids is 1. The van der Waals surface area contributed by atoms with E-state index in [1.54, 1.807) is 25.3 Å². The van der Waals surface area contributed by atoms with Gasteiger partial charge in [-0.1, -0.05) is 11.6 Å². The molecule has 0 aromatic heterocycles. The fourth-order valence-electron chi connectivity index (χ4n) is 2.08. The maximum Gasteiger partial charge on any atom is 0.255 e. The fourth-order valence-corrected chi connectivity index (χ4v) is 2.25. The first kappa shape index (κ1) is 13.2. The van der Waals surface area contributed by atoms with E-state index in [1.807, 2.05) is 0 Å². The number of hydrogen-bond donors (Lipinski definition) is 2. The van der Waals surface area contributed by atoms with E-state index in [0.29, 0.717) is 28.8 Å². The number of nitrogens with one attached hydrogen (secondary N) is 2. The zero-order chi connectivity index (χ0) is 13.0. The van der Waals surface area contributed by atoms with E-state index in [-0.39, 0.29) is 5.91 Å². The Morgan fingerprint density at radius 2 is 2.44 bits per heavy atom. The van der Waals surface area contributed by atoms with E-state index in [9.17, 15) is 4.79 Å². The smallest absolute Gasteiger partial charge is 0.255 e. The molecule has 4 nitrogen and oxygen atoms in total. The molecule has 1 unspecified atom stereocenters. The molecule has 0 aliphatic carbocycles. The largest absolute Gasteiger partial charge is 0.496 e. The molecule has 1 aromatic rings. The lowest BCUT2D eigenvalue weighted by atomic mass is 10.1. The Labute approximate surface area is 112 Å². The summed E-state index contributed by atoms with van der Waals surface area (Å²) in [6, 6.07) is 5.04. The molecular weight excluding hydrogens is 252 g/mol. The maximum atomic E-state index is 12.1. The van der Waals surface area contributed by atoms with Crippen molar-refractivity contribution in [3.8, 4) is 5.75 Å². The van der Waals surface area contributed by atoms with Crippen molar-refractivity contribution >= 4 is 17.5 Å². The van der Waals surface area contributed by atoms with Gasteiger partial charge in [0.25, 0.3) is 5.91 Å². The van der Waals surface area contributed by atoms with Crippen LogP contribution in [0.3, 0.4) is 0 Å². The predicted octanol–water partition coefficient (Wildman–Crippen LogP) is 1.69. The van der Waals surface area contributed by atoms with Crippen LogP contribution in [0.25, 0.3) is 0 Å². The lowest BCUT2D eigenvalue weighted by Crippen LogP contribution is -2.30. The zero-order valence-electron chi connectivity index (χ0n) is 10.3. The molecule has 0 spiro atoms. The third kappa shape index (κ3) is 3.15. The molecule has 0 bridgehead atoms. The maximum absolute atomic E-state index is 12.1. The van der Waals surface area contributed by atoms with Crippen molar-refractivity contribution in [3.05, 3.63) is 28.8 Å². The molecule has 0 radical (unpaired) electrons.